The lowest BCUT2D eigenvalue weighted by atomic mass is 10.1. The van der Waals surface area contributed by atoms with Gasteiger partial charge in [-0.25, -0.2) is 0 Å². The van der Waals surface area contributed by atoms with Crippen LogP contribution in [0.1, 0.15) is 56.7 Å². The van der Waals surface area contributed by atoms with E-state index in [0.29, 0.717) is 17.0 Å². The predicted molar refractivity (Wildman–Crippen MR) is 98.9 cm³/mol. The SMILES string of the molecule is O=C(CCN1C(=O)c2ccccc2C1=O)NCc1nn2c(C3CC3)nnc2s1. The Morgan fingerprint density at radius 1 is 1.14 bits per heavy atom. The summed E-state index contributed by atoms with van der Waals surface area (Å²) in [6, 6.07) is 6.68. The van der Waals surface area contributed by atoms with Gasteiger partial charge in [-0.05, 0) is 25.0 Å². The maximum atomic E-state index is 12.3. The Balaban J connectivity index is 1.17. The second kappa shape index (κ2) is 6.48. The average molecular weight is 396 g/mol. The van der Waals surface area contributed by atoms with E-state index in [1.807, 2.05) is 0 Å². The minimum Gasteiger partial charge on any atom is -0.349 e. The van der Waals surface area contributed by atoms with Crippen molar-refractivity contribution in [3.05, 3.63) is 46.2 Å². The Labute approximate surface area is 163 Å². The number of hydrogen-bond donors (Lipinski definition) is 1. The van der Waals surface area contributed by atoms with Gasteiger partial charge in [0.25, 0.3) is 11.8 Å². The van der Waals surface area contributed by atoms with E-state index in [9.17, 15) is 14.4 Å². The minimum atomic E-state index is -0.352. The van der Waals surface area contributed by atoms with Crippen molar-refractivity contribution in [1.82, 2.24) is 30.0 Å². The van der Waals surface area contributed by atoms with Crippen LogP contribution in [0.4, 0.5) is 0 Å². The van der Waals surface area contributed by atoms with Gasteiger partial charge in [-0.2, -0.15) is 9.61 Å². The molecule has 0 atom stereocenters. The van der Waals surface area contributed by atoms with E-state index in [0.717, 1.165) is 33.5 Å². The van der Waals surface area contributed by atoms with Crippen molar-refractivity contribution in [2.45, 2.75) is 31.7 Å². The number of carbonyl (C=O) groups is 3. The summed E-state index contributed by atoms with van der Waals surface area (Å²) in [4.78, 5) is 38.6. The normalized spacial score (nSPS) is 16.1. The molecule has 1 aromatic carbocycles. The molecule has 10 heteroatoms. The van der Waals surface area contributed by atoms with E-state index in [1.54, 1.807) is 28.8 Å². The average Bonchev–Trinajstić information content (AvgIpc) is 3.27. The van der Waals surface area contributed by atoms with Crippen molar-refractivity contribution in [2.24, 2.45) is 0 Å². The minimum absolute atomic E-state index is 0.0445. The van der Waals surface area contributed by atoms with Crippen LogP contribution in [-0.4, -0.2) is 49.0 Å². The number of imide groups is 1. The summed E-state index contributed by atoms with van der Waals surface area (Å²) in [5.41, 5.74) is 0.776. The first-order chi connectivity index (χ1) is 13.6. The number of fused-ring (bicyclic) bond motifs is 2. The summed E-state index contributed by atoms with van der Waals surface area (Å²) in [7, 11) is 0. The molecule has 0 bridgehead atoms. The predicted octanol–water partition coefficient (Wildman–Crippen LogP) is 1.37. The van der Waals surface area contributed by atoms with Gasteiger partial charge in [0.15, 0.2) is 5.82 Å². The number of amides is 3. The van der Waals surface area contributed by atoms with Crippen LogP contribution in [0.15, 0.2) is 24.3 Å². The second-order valence-corrected chi connectivity index (χ2v) is 7.90. The van der Waals surface area contributed by atoms with Gasteiger partial charge in [-0.3, -0.25) is 19.3 Å². The third kappa shape index (κ3) is 2.85. The highest BCUT2D eigenvalue weighted by Gasteiger charge is 2.35. The first-order valence-corrected chi connectivity index (χ1v) is 9.86. The van der Waals surface area contributed by atoms with E-state index in [2.05, 4.69) is 20.6 Å². The largest absolute Gasteiger partial charge is 0.349 e. The molecule has 9 nitrogen and oxygen atoms in total. The molecule has 0 saturated heterocycles. The Morgan fingerprint density at radius 3 is 2.54 bits per heavy atom. The van der Waals surface area contributed by atoms with Crippen LogP contribution in [0, 0.1) is 0 Å². The van der Waals surface area contributed by atoms with Crippen molar-refractivity contribution >= 4 is 34.0 Å². The molecule has 28 heavy (non-hydrogen) atoms. The summed E-state index contributed by atoms with van der Waals surface area (Å²) in [5, 5.41) is 16.3. The molecule has 1 aliphatic heterocycles. The lowest BCUT2D eigenvalue weighted by Crippen LogP contribution is -2.34. The van der Waals surface area contributed by atoms with Crippen LogP contribution in [0.3, 0.4) is 0 Å². The zero-order valence-electron chi connectivity index (χ0n) is 14.8. The fourth-order valence-electron chi connectivity index (χ4n) is 3.26. The molecule has 3 heterocycles. The van der Waals surface area contributed by atoms with Crippen molar-refractivity contribution in [3.63, 3.8) is 0 Å². The number of rotatable bonds is 6. The molecule has 2 aliphatic rings. The molecule has 0 radical (unpaired) electrons. The standard InChI is InChI=1S/C18H16N6O3S/c25-13(7-8-23-16(26)11-3-1-2-4-12(11)17(23)27)19-9-14-22-24-15(10-5-6-10)20-21-18(24)28-14/h1-4,10H,5-9H2,(H,19,25). The van der Waals surface area contributed by atoms with Gasteiger partial charge in [0.1, 0.15) is 5.01 Å². The van der Waals surface area contributed by atoms with E-state index in [-0.39, 0.29) is 37.2 Å². The first-order valence-electron chi connectivity index (χ1n) is 9.05. The van der Waals surface area contributed by atoms with Crippen LogP contribution >= 0.6 is 11.3 Å². The molecular weight excluding hydrogens is 380 g/mol. The van der Waals surface area contributed by atoms with Crippen molar-refractivity contribution < 1.29 is 14.4 Å². The van der Waals surface area contributed by atoms with Gasteiger partial charge in [0, 0.05) is 18.9 Å². The molecule has 3 amide bonds. The first kappa shape index (κ1) is 17.0. The highest BCUT2D eigenvalue weighted by atomic mass is 32.1. The fraction of sp³-hybridized carbons (Fsp3) is 0.333. The molecule has 1 fully saturated rings. The number of hydrogen-bond acceptors (Lipinski definition) is 7. The van der Waals surface area contributed by atoms with Crippen LogP contribution in [0.25, 0.3) is 4.96 Å². The Bertz CT molecular complexity index is 1080. The van der Waals surface area contributed by atoms with Gasteiger partial charge in [-0.15, -0.1) is 10.2 Å². The van der Waals surface area contributed by atoms with E-state index in [1.165, 1.54) is 11.3 Å². The number of nitrogens with one attached hydrogen (secondary N) is 1. The Kier molecular flexibility index (Phi) is 3.93. The van der Waals surface area contributed by atoms with Crippen LogP contribution in [-0.2, 0) is 11.3 Å². The van der Waals surface area contributed by atoms with Gasteiger partial charge in [0.05, 0.1) is 17.7 Å². The van der Waals surface area contributed by atoms with Gasteiger partial charge in [-0.1, -0.05) is 23.5 Å². The van der Waals surface area contributed by atoms with Crippen molar-refractivity contribution in [2.75, 3.05) is 6.54 Å². The van der Waals surface area contributed by atoms with Crippen LogP contribution in [0.2, 0.25) is 0 Å². The summed E-state index contributed by atoms with van der Waals surface area (Å²) in [5.74, 6) is 0.378. The van der Waals surface area contributed by atoms with Gasteiger partial charge in [0.2, 0.25) is 10.9 Å². The second-order valence-electron chi connectivity index (χ2n) is 6.86. The lowest BCUT2D eigenvalue weighted by molar-refractivity contribution is -0.121. The quantitative estimate of drug-likeness (QED) is 0.630. The maximum absolute atomic E-state index is 12.3. The molecule has 142 valence electrons. The third-order valence-electron chi connectivity index (χ3n) is 4.88. The lowest BCUT2D eigenvalue weighted by Gasteiger charge is -2.13. The number of benzene rings is 1. The molecule has 1 N–H and O–H groups in total. The highest BCUT2D eigenvalue weighted by molar-refractivity contribution is 7.16. The summed E-state index contributed by atoms with van der Waals surface area (Å²) >= 11 is 1.39. The molecule has 0 unspecified atom stereocenters. The smallest absolute Gasteiger partial charge is 0.261 e. The molecule has 1 saturated carbocycles. The van der Waals surface area contributed by atoms with E-state index < -0.39 is 0 Å². The highest BCUT2D eigenvalue weighted by Crippen LogP contribution is 2.39. The van der Waals surface area contributed by atoms with Crippen molar-refractivity contribution in [3.8, 4) is 0 Å². The topological polar surface area (TPSA) is 110 Å². The number of carbonyl (C=O) groups excluding carboxylic acids is 3. The van der Waals surface area contributed by atoms with E-state index >= 15 is 0 Å². The zero-order valence-corrected chi connectivity index (χ0v) is 15.6. The molecule has 0 spiro atoms. The Hall–Kier alpha value is -3.14. The summed E-state index contributed by atoms with van der Waals surface area (Å²) < 4.78 is 1.75. The molecule has 5 rings (SSSR count). The van der Waals surface area contributed by atoms with Gasteiger partial charge < -0.3 is 5.32 Å². The molecule has 3 aromatic rings. The number of nitrogens with zero attached hydrogens (tertiary/aromatic N) is 5. The van der Waals surface area contributed by atoms with Crippen LogP contribution in [0.5, 0.6) is 0 Å². The molecule has 2 aromatic heterocycles. The molecule has 1 aliphatic carbocycles. The molecular formula is C18H16N6O3S. The fourth-order valence-corrected chi connectivity index (χ4v) is 4.04. The van der Waals surface area contributed by atoms with Crippen LogP contribution < -0.4 is 5.32 Å². The maximum Gasteiger partial charge on any atom is 0.261 e. The van der Waals surface area contributed by atoms with Gasteiger partial charge >= 0.3 is 0 Å². The monoisotopic (exact) mass is 396 g/mol. The zero-order chi connectivity index (χ0) is 19.3. The number of aromatic nitrogens is 4. The third-order valence-corrected chi connectivity index (χ3v) is 5.78. The van der Waals surface area contributed by atoms with E-state index in [4.69, 9.17) is 0 Å². The van der Waals surface area contributed by atoms with Crippen molar-refractivity contribution in [1.29, 1.82) is 0 Å². The Morgan fingerprint density at radius 2 is 1.86 bits per heavy atom. The summed E-state index contributed by atoms with van der Waals surface area (Å²) in [6.45, 7) is 0.328. The summed E-state index contributed by atoms with van der Waals surface area (Å²) in [6.07, 6.45) is 2.27.